The van der Waals surface area contributed by atoms with Gasteiger partial charge in [-0.3, -0.25) is 0 Å². The number of halogens is 3. The fourth-order valence-electron chi connectivity index (χ4n) is 0. The monoisotopic (exact) mass is 321 g/mol. The molecule has 0 bridgehead atoms. The molecule has 0 aliphatic rings. The Hall–Kier alpha value is 2.52. The molecule has 0 nitrogen and oxygen atoms in total. The van der Waals surface area contributed by atoms with Crippen LogP contribution in [0, 0.1) is 0 Å². The summed E-state index contributed by atoms with van der Waals surface area (Å²) in [4.78, 5) is 0. The first-order valence-corrected chi connectivity index (χ1v) is 9.28. The Morgan fingerprint density at radius 1 is 1.00 bits per heavy atom. The molecule has 5 heavy (non-hydrogen) atoms. The maximum atomic E-state index is 4.97. The molecule has 0 aliphatic carbocycles. The van der Waals surface area contributed by atoms with E-state index in [9.17, 15) is 0 Å². The second kappa shape index (κ2) is 6.52. The van der Waals surface area contributed by atoms with Crippen molar-refractivity contribution in [2.24, 2.45) is 0 Å². The molecule has 0 rings (SSSR count). The van der Waals surface area contributed by atoms with Gasteiger partial charge >= 0.3 is 42.2 Å². The van der Waals surface area contributed by atoms with E-state index in [0.29, 0.717) is 0 Å². The number of rotatable bonds is 0. The van der Waals surface area contributed by atoms with Crippen LogP contribution in [0.15, 0.2) is 0 Å². The van der Waals surface area contributed by atoms with Crippen LogP contribution in [0.1, 0.15) is 0 Å². The van der Waals surface area contributed by atoms with Gasteiger partial charge in [-0.05, 0) is 0 Å². The van der Waals surface area contributed by atoms with E-state index in [1.807, 2.05) is 0 Å². The molecule has 0 unspecified atom stereocenters. The standard InChI is InChI=1S/3ClH.Ir.Na/h3*1H;;/q;;;+3;/p-3. The molecule has 0 aliphatic heterocycles. The number of hydrogen-bond acceptors (Lipinski definition) is 0. The summed E-state index contributed by atoms with van der Waals surface area (Å²) in [5.41, 5.74) is 0. The largest absolute Gasteiger partial charge is 0 e. The quantitative estimate of drug-likeness (QED) is 0.596. The van der Waals surface area contributed by atoms with E-state index in [0.717, 1.165) is 0 Å². The van der Waals surface area contributed by atoms with E-state index in [-0.39, 0.29) is 29.6 Å². The fourth-order valence-corrected chi connectivity index (χ4v) is 0. The minimum Gasteiger partial charge on any atom is 0 e. The minimum atomic E-state index is -1.92. The van der Waals surface area contributed by atoms with Crippen molar-refractivity contribution in [2.45, 2.75) is 0 Å². The van der Waals surface area contributed by atoms with Gasteiger partial charge in [0.15, 0.2) is 0 Å². The van der Waals surface area contributed by atoms with Crippen molar-refractivity contribution in [3.63, 3.8) is 0 Å². The summed E-state index contributed by atoms with van der Waals surface area (Å²) >= 11 is -1.92. The molecule has 0 aromatic heterocycles. The molecule has 0 N–H and O–H groups in total. The predicted molar refractivity (Wildman–Crippen MR) is 23.3 cm³/mol. The summed E-state index contributed by atoms with van der Waals surface area (Å²) in [6, 6.07) is 0. The summed E-state index contributed by atoms with van der Waals surface area (Å²) in [5, 5.41) is 0. The fraction of sp³-hybridized carbons (Fsp3) is 0. The Balaban J connectivity index is 0. The second-order valence-electron chi connectivity index (χ2n) is 0.143. The molecule has 0 amide bonds. The molecule has 1 radical (unpaired) electrons. The van der Waals surface area contributed by atoms with Crippen LogP contribution in [-0.4, -0.2) is 29.6 Å². The van der Waals surface area contributed by atoms with Crippen molar-refractivity contribution in [1.29, 1.82) is 0 Å². The average Bonchev–Trinajstić information content (AvgIpc) is 0.811. The Kier molecular flexibility index (Phi) is 13.7. The van der Waals surface area contributed by atoms with Crippen LogP contribution in [0.5, 0.6) is 0 Å². The third kappa shape index (κ3) is 21.0. The van der Waals surface area contributed by atoms with Gasteiger partial charge in [0, 0.05) is 29.6 Å². The Morgan fingerprint density at radius 3 is 1.00 bits per heavy atom. The predicted octanol–water partition coefficient (Wildman–Crippen LogP) is 1.69. The van der Waals surface area contributed by atoms with Crippen LogP contribution in [0.25, 0.3) is 0 Å². The molecule has 0 spiro atoms. The molecule has 0 atom stereocenters. The number of hydrogen-bond donors (Lipinski definition) is 0. The molecule has 5 heteroatoms. The minimum absolute atomic E-state index is 0. The zero-order chi connectivity index (χ0) is 3.58. The van der Waals surface area contributed by atoms with Crippen molar-refractivity contribution >= 4 is 58.3 Å². The summed E-state index contributed by atoms with van der Waals surface area (Å²) in [6.45, 7) is 0. The van der Waals surface area contributed by atoms with Crippen molar-refractivity contribution < 1.29 is 13.5 Å². The zero-order valence-electron chi connectivity index (χ0n) is 2.47. The average molecular weight is 322 g/mol. The van der Waals surface area contributed by atoms with Crippen LogP contribution in [0.4, 0.5) is 0 Å². The van der Waals surface area contributed by atoms with E-state index in [2.05, 4.69) is 0 Å². The normalized spacial score (nSPS) is 9.00. The van der Waals surface area contributed by atoms with Crippen LogP contribution in [0.3, 0.4) is 0 Å². The van der Waals surface area contributed by atoms with Gasteiger partial charge in [0.05, 0.1) is 0 Å². The van der Waals surface area contributed by atoms with Crippen molar-refractivity contribution in [3.05, 3.63) is 0 Å². The van der Waals surface area contributed by atoms with Crippen molar-refractivity contribution in [3.8, 4) is 0 Å². The van der Waals surface area contributed by atoms with Gasteiger partial charge in [-0.1, -0.05) is 0 Å². The topological polar surface area (TPSA) is 0 Å². The molecule has 0 heterocycles. The molecule has 0 saturated carbocycles. The van der Waals surface area contributed by atoms with Gasteiger partial charge in [-0.2, -0.15) is 0 Å². The Bertz CT molecular complexity index is 11.6. The summed E-state index contributed by atoms with van der Waals surface area (Å²) < 4.78 is 0. The molecular weight excluding hydrogens is 322 g/mol. The third-order valence-electron chi connectivity index (χ3n) is 0. The van der Waals surface area contributed by atoms with Gasteiger partial charge in [0.1, 0.15) is 0 Å². The first kappa shape index (κ1) is 10.5. The third-order valence-corrected chi connectivity index (χ3v) is 0. The zero-order valence-corrected chi connectivity index (χ0v) is 9.13. The van der Waals surface area contributed by atoms with Crippen LogP contribution < -0.4 is 0 Å². The van der Waals surface area contributed by atoms with Crippen molar-refractivity contribution in [2.75, 3.05) is 0 Å². The van der Waals surface area contributed by atoms with E-state index in [1.165, 1.54) is 0 Å². The first-order chi connectivity index (χ1) is 1.73. The molecule has 0 saturated heterocycles. The molecular formula is Cl3IrNa. The van der Waals surface area contributed by atoms with Gasteiger partial charge in [0.2, 0.25) is 0 Å². The second-order valence-corrected chi connectivity index (χ2v) is 10.5. The van der Waals surface area contributed by atoms with Gasteiger partial charge in [-0.15, -0.1) is 0 Å². The van der Waals surface area contributed by atoms with Crippen LogP contribution in [0.2, 0.25) is 0 Å². The smallest absolute Gasteiger partial charge is 0 e. The van der Waals surface area contributed by atoms with Crippen LogP contribution in [-0.2, 0) is 13.5 Å². The van der Waals surface area contributed by atoms with Gasteiger partial charge in [-0.25, -0.2) is 0 Å². The SMILES string of the molecule is [Cl][Ir]([Cl])[Cl].[Na]. The Morgan fingerprint density at radius 2 is 1.00 bits per heavy atom. The van der Waals surface area contributed by atoms with Crippen molar-refractivity contribution in [1.82, 2.24) is 0 Å². The van der Waals surface area contributed by atoms with Gasteiger partial charge in [0.25, 0.3) is 0 Å². The summed E-state index contributed by atoms with van der Waals surface area (Å²) in [6.07, 6.45) is 0. The molecule has 31 valence electrons. The summed E-state index contributed by atoms with van der Waals surface area (Å²) in [5.74, 6) is 0. The molecule has 0 fully saturated rings. The first-order valence-electron chi connectivity index (χ1n) is 0.378. The molecule has 0 aromatic carbocycles. The van der Waals surface area contributed by atoms with Crippen LogP contribution >= 0.6 is 28.8 Å². The maximum absolute atomic E-state index is 4.97. The van der Waals surface area contributed by atoms with E-state index < -0.39 is 13.5 Å². The molecule has 0 aromatic rings. The van der Waals surface area contributed by atoms with E-state index in [1.54, 1.807) is 0 Å². The van der Waals surface area contributed by atoms with Gasteiger partial charge < -0.3 is 0 Å². The van der Waals surface area contributed by atoms with E-state index in [4.69, 9.17) is 28.8 Å². The maximum Gasteiger partial charge on any atom is 0 e. The Labute approximate surface area is 70.6 Å². The summed E-state index contributed by atoms with van der Waals surface area (Å²) in [7, 11) is 14.9. The van der Waals surface area contributed by atoms with E-state index >= 15 is 0 Å².